The highest BCUT2D eigenvalue weighted by atomic mass is 79.9. The Morgan fingerprint density at radius 2 is 1.86 bits per heavy atom. The molecule has 5 nitrogen and oxygen atoms in total. The number of halogens is 1. The van der Waals surface area contributed by atoms with E-state index in [1.54, 1.807) is 18.9 Å². The Morgan fingerprint density at radius 3 is 2.43 bits per heavy atom. The van der Waals surface area contributed by atoms with Crippen LogP contribution >= 0.6 is 0 Å². The Kier molecular flexibility index (Phi) is 9.62. The molecule has 0 aliphatic heterocycles. The summed E-state index contributed by atoms with van der Waals surface area (Å²) in [4.78, 5) is 24.7. The summed E-state index contributed by atoms with van der Waals surface area (Å²) in [5.41, 5.74) is 1.19. The van der Waals surface area contributed by atoms with E-state index in [9.17, 15) is 9.59 Å². The molecule has 0 saturated carbocycles. The topological polar surface area (TPSA) is 50.5 Å². The zero-order valence-corrected chi connectivity index (χ0v) is 14.4. The highest BCUT2D eigenvalue weighted by Crippen LogP contribution is 1.96. The lowest BCUT2D eigenvalue weighted by Gasteiger charge is -2.15. The fourth-order valence-electron chi connectivity index (χ4n) is 1.71. The Hall–Kier alpha value is -1.43. The van der Waals surface area contributed by atoms with Crippen molar-refractivity contribution in [3.05, 3.63) is 30.1 Å². The first kappa shape index (κ1) is 19.6. The van der Waals surface area contributed by atoms with Crippen LogP contribution in [0.5, 0.6) is 0 Å². The summed E-state index contributed by atoms with van der Waals surface area (Å²) in [5, 5.41) is 0. The monoisotopic (exact) mass is 358 g/mol. The van der Waals surface area contributed by atoms with Gasteiger partial charge in [-0.15, -0.1) is 0 Å². The van der Waals surface area contributed by atoms with Crippen molar-refractivity contribution in [1.29, 1.82) is 0 Å². The summed E-state index contributed by atoms with van der Waals surface area (Å²) in [5.74, 6) is -0.234. The van der Waals surface area contributed by atoms with Gasteiger partial charge in [0.25, 0.3) is 0 Å². The maximum Gasteiger partial charge on any atom is 0.307 e. The van der Waals surface area contributed by atoms with Gasteiger partial charge >= 0.3 is 5.97 Å². The third-order valence-corrected chi connectivity index (χ3v) is 3.02. The van der Waals surface area contributed by atoms with Crippen LogP contribution in [0.2, 0.25) is 0 Å². The van der Waals surface area contributed by atoms with Crippen LogP contribution < -0.4 is 21.5 Å². The molecule has 6 heteroatoms. The predicted molar refractivity (Wildman–Crippen MR) is 74.9 cm³/mol. The van der Waals surface area contributed by atoms with Gasteiger partial charge in [-0.3, -0.25) is 9.59 Å². The number of ether oxygens (including phenoxy) is 1. The van der Waals surface area contributed by atoms with Gasteiger partial charge in [-0.2, -0.15) is 0 Å². The first-order valence-electron chi connectivity index (χ1n) is 6.88. The largest absolute Gasteiger partial charge is 1.00 e. The molecule has 1 rings (SSSR count). The Bertz CT molecular complexity index is 449. The molecular weight excluding hydrogens is 336 g/mol. The fourth-order valence-corrected chi connectivity index (χ4v) is 1.71. The van der Waals surface area contributed by atoms with Gasteiger partial charge in [0, 0.05) is 25.7 Å². The number of esters is 1. The molecule has 0 spiro atoms. The van der Waals surface area contributed by atoms with Crippen LogP contribution in [0.3, 0.4) is 0 Å². The van der Waals surface area contributed by atoms with Crippen LogP contribution in [0.15, 0.2) is 24.5 Å². The third kappa shape index (κ3) is 7.80. The summed E-state index contributed by atoms with van der Waals surface area (Å²) >= 11 is 0. The second kappa shape index (κ2) is 10.3. The van der Waals surface area contributed by atoms with Crippen molar-refractivity contribution < 1.29 is 35.9 Å². The normalized spacial score (nSPS) is 9.67. The highest BCUT2D eigenvalue weighted by molar-refractivity contribution is 5.76. The highest BCUT2D eigenvalue weighted by Gasteiger charge is 2.13. The number of aryl methyl sites for hydroxylation is 2. The fraction of sp³-hybridized carbons (Fsp3) is 0.533. The standard InChI is InChI=1S/C15H23N2O3.BrH/c1-4-20-15(19)8-9-16(3)14(18)7-12-17-10-5-13(2)6-11-17;/h5-6,10-11H,4,7-9,12H2,1-3H3;1H/q+1;/p-1. The first-order chi connectivity index (χ1) is 9.52. The van der Waals surface area contributed by atoms with Crippen molar-refractivity contribution in [1.82, 2.24) is 4.90 Å². The second-order valence-corrected chi connectivity index (χ2v) is 4.73. The van der Waals surface area contributed by atoms with E-state index >= 15 is 0 Å². The van der Waals surface area contributed by atoms with Gasteiger partial charge < -0.3 is 26.6 Å². The van der Waals surface area contributed by atoms with E-state index in [0.717, 1.165) is 0 Å². The molecule has 0 N–H and O–H groups in total. The van der Waals surface area contributed by atoms with Gasteiger partial charge in [-0.25, -0.2) is 4.57 Å². The number of aromatic nitrogens is 1. The van der Waals surface area contributed by atoms with E-state index in [-0.39, 0.29) is 35.3 Å². The summed E-state index contributed by atoms with van der Waals surface area (Å²) < 4.78 is 6.81. The van der Waals surface area contributed by atoms with Crippen LogP contribution in [-0.4, -0.2) is 37.0 Å². The smallest absolute Gasteiger partial charge is 0.307 e. The molecule has 0 aliphatic carbocycles. The second-order valence-electron chi connectivity index (χ2n) is 4.73. The number of pyridine rings is 1. The molecule has 0 aliphatic rings. The first-order valence-corrected chi connectivity index (χ1v) is 6.88. The number of hydrogen-bond donors (Lipinski definition) is 0. The Morgan fingerprint density at radius 1 is 1.24 bits per heavy atom. The maximum absolute atomic E-state index is 11.9. The van der Waals surface area contributed by atoms with Gasteiger partial charge in [0.2, 0.25) is 5.91 Å². The van der Waals surface area contributed by atoms with Gasteiger partial charge in [-0.05, 0) is 19.4 Å². The zero-order chi connectivity index (χ0) is 15.0. The van der Waals surface area contributed by atoms with Crippen molar-refractivity contribution in [3.63, 3.8) is 0 Å². The van der Waals surface area contributed by atoms with Crippen LogP contribution in [0.25, 0.3) is 0 Å². The van der Waals surface area contributed by atoms with Crippen molar-refractivity contribution >= 4 is 11.9 Å². The minimum atomic E-state index is -0.264. The molecule has 0 atom stereocenters. The molecular formula is C15H23BrN2O3. The minimum Gasteiger partial charge on any atom is -1.00 e. The van der Waals surface area contributed by atoms with Crippen LogP contribution in [0.1, 0.15) is 25.3 Å². The molecule has 0 radical (unpaired) electrons. The maximum atomic E-state index is 11.9. The molecule has 0 unspecified atom stereocenters. The molecule has 0 aromatic carbocycles. The SMILES string of the molecule is CCOC(=O)CCN(C)C(=O)CC[n+]1ccc(C)cc1.[Br-]. The van der Waals surface area contributed by atoms with E-state index in [1.807, 2.05) is 36.0 Å². The lowest BCUT2D eigenvalue weighted by atomic mass is 10.3. The average molecular weight is 359 g/mol. The van der Waals surface area contributed by atoms with E-state index in [4.69, 9.17) is 4.74 Å². The molecule has 21 heavy (non-hydrogen) atoms. The third-order valence-electron chi connectivity index (χ3n) is 3.02. The van der Waals surface area contributed by atoms with Crippen LogP contribution in [0.4, 0.5) is 0 Å². The molecule has 1 heterocycles. The van der Waals surface area contributed by atoms with E-state index < -0.39 is 0 Å². The van der Waals surface area contributed by atoms with Gasteiger partial charge in [0.15, 0.2) is 18.9 Å². The van der Waals surface area contributed by atoms with Crippen LogP contribution in [0, 0.1) is 6.92 Å². The molecule has 1 aromatic heterocycles. The van der Waals surface area contributed by atoms with Gasteiger partial charge in [0.1, 0.15) is 0 Å². The molecule has 1 aromatic rings. The van der Waals surface area contributed by atoms with Crippen LogP contribution in [-0.2, 0) is 20.9 Å². The Balaban J connectivity index is 0.00000400. The number of nitrogens with zero attached hydrogens (tertiary/aromatic N) is 2. The van der Waals surface area contributed by atoms with Crippen molar-refractivity contribution in [3.8, 4) is 0 Å². The van der Waals surface area contributed by atoms with Gasteiger partial charge in [-0.1, -0.05) is 0 Å². The number of hydrogen-bond acceptors (Lipinski definition) is 3. The molecule has 1 amide bonds. The summed E-state index contributed by atoms with van der Waals surface area (Å²) in [7, 11) is 1.71. The molecule has 0 bridgehead atoms. The predicted octanol–water partition coefficient (Wildman–Crippen LogP) is -1.91. The lowest BCUT2D eigenvalue weighted by Crippen LogP contribution is -3.00. The van der Waals surface area contributed by atoms with Crippen molar-refractivity contribution in [2.75, 3.05) is 20.2 Å². The summed E-state index contributed by atoms with van der Waals surface area (Å²) in [6, 6.07) is 4.02. The number of carbonyl (C=O) groups is 2. The van der Waals surface area contributed by atoms with Crippen molar-refractivity contribution in [2.24, 2.45) is 0 Å². The number of amides is 1. The van der Waals surface area contributed by atoms with Crippen molar-refractivity contribution in [2.45, 2.75) is 33.2 Å². The number of carbonyl (C=O) groups excluding carboxylic acids is 2. The lowest BCUT2D eigenvalue weighted by molar-refractivity contribution is -0.696. The summed E-state index contributed by atoms with van der Waals surface area (Å²) in [6.07, 6.45) is 4.59. The minimum absolute atomic E-state index is 0. The van der Waals surface area contributed by atoms with E-state index in [0.29, 0.717) is 26.1 Å². The number of rotatable bonds is 7. The Labute approximate surface area is 136 Å². The van der Waals surface area contributed by atoms with E-state index in [2.05, 4.69) is 0 Å². The molecule has 0 fully saturated rings. The quantitative estimate of drug-likeness (QED) is 0.422. The van der Waals surface area contributed by atoms with E-state index in [1.165, 1.54) is 5.56 Å². The summed E-state index contributed by atoms with van der Waals surface area (Å²) in [6.45, 7) is 5.21. The molecule has 118 valence electrons. The van der Waals surface area contributed by atoms with Gasteiger partial charge in [0.05, 0.1) is 19.4 Å². The average Bonchev–Trinajstić information content (AvgIpc) is 2.44. The molecule has 0 saturated heterocycles. The zero-order valence-electron chi connectivity index (χ0n) is 12.8.